The first-order chi connectivity index (χ1) is 11.4. The van der Waals surface area contributed by atoms with Crippen molar-refractivity contribution in [3.8, 4) is 0 Å². The summed E-state index contributed by atoms with van der Waals surface area (Å²) < 4.78 is 0. The van der Waals surface area contributed by atoms with E-state index >= 15 is 0 Å². The highest BCUT2D eigenvalue weighted by atomic mass is 16.3. The average molecular weight is 329 g/mol. The molecule has 2 fully saturated rings. The topological polar surface area (TPSA) is 40.5 Å². The quantitative estimate of drug-likeness (QED) is 0.914. The van der Waals surface area contributed by atoms with Gasteiger partial charge in [0.05, 0.1) is 5.60 Å². The van der Waals surface area contributed by atoms with Crippen molar-refractivity contribution >= 4 is 5.91 Å². The third-order valence-electron chi connectivity index (χ3n) is 5.83. The van der Waals surface area contributed by atoms with Gasteiger partial charge in [-0.05, 0) is 62.0 Å². The summed E-state index contributed by atoms with van der Waals surface area (Å²) in [4.78, 5) is 14.5. The van der Waals surface area contributed by atoms with Gasteiger partial charge in [0.15, 0.2) is 0 Å². The van der Waals surface area contributed by atoms with Crippen LogP contribution >= 0.6 is 0 Å². The van der Waals surface area contributed by atoms with Gasteiger partial charge >= 0.3 is 0 Å². The van der Waals surface area contributed by atoms with Crippen molar-refractivity contribution in [1.82, 2.24) is 4.90 Å². The van der Waals surface area contributed by atoms with E-state index in [9.17, 15) is 9.90 Å². The van der Waals surface area contributed by atoms with E-state index in [1.807, 2.05) is 11.8 Å². The van der Waals surface area contributed by atoms with Crippen LogP contribution in [0.1, 0.15) is 63.5 Å². The maximum atomic E-state index is 12.5. The summed E-state index contributed by atoms with van der Waals surface area (Å²) in [5.41, 5.74) is 2.33. The molecule has 1 amide bonds. The fourth-order valence-corrected chi connectivity index (χ4v) is 4.39. The zero-order valence-corrected chi connectivity index (χ0v) is 15.3. The number of carbonyl (C=O) groups excluding carboxylic acids is 1. The monoisotopic (exact) mass is 329 g/mol. The summed E-state index contributed by atoms with van der Waals surface area (Å²) in [6.07, 6.45) is 4.60. The lowest BCUT2D eigenvalue weighted by atomic mass is 9.71. The van der Waals surface area contributed by atoms with Gasteiger partial charge in [-0.1, -0.05) is 38.1 Å². The maximum absolute atomic E-state index is 12.5. The molecular weight excluding hydrogens is 298 g/mol. The van der Waals surface area contributed by atoms with Crippen molar-refractivity contribution in [3.05, 3.63) is 35.4 Å². The number of hydrogen-bond donors (Lipinski definition) is 1. The highest BCUT2D eigenvalue weighted by molar-refractivity contribution is 5.80. The molecule has 0 unspecified atom stereocenters. The Hall–Kier alpha value is -1.35. The lowest BCUT2D eigenvalue weighted by Crippen LogP contribution is -2.51. The molecule has 0 aromatic heterocycles. The third kappa shape index (κ3) is 3.83. The van der Waals surface area contributed by atoms with Crippen molar-refractivity contribution in [2.24, 2.45) is 11.8 Å². The van der Waals surface area contributed by atoms with Gasteiger partial charge in [-0.25, -0.2) is 0 Å². The molecule has 0 atom stereocenters. The Morgan fingerprint density at radius 2 is 1.88 bits per heavy atom. The highest BCUT2D eigenvalue weighted by Gasteiger charge is 2.44. The smallest absolute Gasteiger partial charge is 0.225 e. The van der Waals surface area contributed by atoms with E-state index in [0.717, 1.165) is 32.4 Å². The average Bonchev–Trinajstić information content (AvgIpc) is 2.53. The largest absolute Gasteiger partial charge is 0.390 e. The Morgan fingerprint density at radius 3 is 2.46 bits per heavy atom. The highest BCUT2D eigenvalue weighted by Crippen LogP contribution is 2.39. The van der Waals surface area contributed by atoms with Gasteiger partial charge in [0.25, 0.3) is 0 Å². The lowest BCUT2D eigenvalue weighted by Gasteiger charge is -2.43. The molecule has 1 saturated heterocycles. The predicted octanol–water partition coefficient (Wildman–Crippen LogP) is 3.75. The Bertz CT molecular complexity index is 577. The number of aliphatic hydroxyl groups is 1. The number of hydrogen-bond acceptors (Lipinski definition) is 2. The van der Waals surface area contributed by atoms with Crippen LogP contribution in [-0.2, 0) is 11.2 Å². The van der Waals surface area contributed by atoms with Gasteiger partial charge in [0.2, 0.25) is 5.91 Å². The summed E-state index contributed by atoms with van der Waals surface area (Å²) in [5.74, 6) is 1.56. The number of benzene rings is 1. The summed E-state index contributed by atoms with van der Waals surface area (Å²) in [6, 6.07) is 8.79. The predicted molar refractivity (Wildman–Crippen MR) is 96.9 cm³/mol. The zero-order chi connectivity index (χ0) is 17.3. The molecular formula is C21H31NO2. The molecule has 2 aliphatic rings. The standard InChI is InChI=1S/C21H31NO2/c1-15(2)19-7-5-4-6-17(19)12-16-8-10-22(11-9-16)20(23)18-13-21(3,24)14-18/h4-7,15-16,18,24H,8-14H2,1-3H3. The van der Waals surface area contributed by atoms with Crippen LogP contribution in [0.3, 0.4) is 0 Å². The van der Waals surface area contributed by atoms with Gasteiger partial charge in [-0.2, -0.15) is 0 Å². The van der Waals surface area contributed by atoms with Crippen LogP contribution in [0, 0.1) is 11.8 Å². The van der Waals surface area contributed by atoms with E-state index in [1.54, 1.807) is 0 Å². The Morgan fingerprint density at radius 1 is 1.25 bits per heavy atom. The minimum Gasteiger partial charge on any atom is -0.390 e. The lowest BCUT2D eigenvalue weighted by molar-refractivity contribution is -0.151. The Kier molecular flexibility index (Phi) is 5.00. The van der Waals surface area contributed by atoms with Crippen LogP contribution in [0.25, 0.3) is 0 Å². The van der Waals surface area contributed by atoms with Crippen LogP contribution in [0.15, 0.2) is 24.3 Å². The molecule has 3 nitrogen and oxygen atoms in total. The van der Waals surface area contributed by atoms with Gasteiger partial charge in [0, 0.05) is 19.0 Å². The molecule has 1 aliphatic heterocycles. The number of carbonyl (C=O) groups is 1. The van der Waals surface area contributed by atoms with Crippen LogP contribution in [0.2, 0.25) is 0 Å². The van der Waals surface area contributed by atoms with Gasteiger partial charge in [-0.3, -0.25) is 4.79 Å². The molecule has 1 aromatic carbocycles. The second-order valence-electron chi connectivity index (χ2n) is 8.43. The molecule has 132 valence electrons. The van der Waals surface area contributed by atoms with Crippen molar-refractivity contribution in [2.45, 2.75) is 64.4 Å². The molecule has 0 spiro atoms. The molecule has 1 heterocycles. The van der Waals surface area contributed by atoms with E-state index in [-0.39, 0.29) is 11.8 Å². The van der Waals surface area contributed by atoms with Gasteiger partial charge in [0.1, 0.15) is 0 Å². The molecule has 3 rings (SSSR count). The van der Waals surface area contributed by atoms with Crippen molar-refractivity contribution in [1.29, 1.82) is 0 Å². The molecule has 0 bridgehead atoms. The number of piperidine rings is 1. The summed E-state index contributed by atoms with van der Waals surface area (Å²) >= 11 is 0. The van der Waals surface area contributed by atoms with Crippen LogP contribution in [0.4, 0.5) is 0 Å². The van der Waals surface area contributed by atoms with Crippen LogP contribution < -0.4 is 0 Å². The Labute approximate surface area is 146 Å². The molecule has 3 heteroatoms. The first-order valence-corrected chi connectivity index (χ1v) is 9.45. The first-order valence-electron chi connectivity index (χ1n) is 9.45. The second-order valence-corrected chi connectivity index (χ2v) is 8.43. The van der Waals surface area contributed by atoms with E-state index in [2.05, 4.69) is 38.1 Å². The molecule has 24 heavy (non-hydrogen) atoms. The maximum Gasteiger partial charge on any atom is 0.225 e. The number of likely N-dealkylation sites (tertiary alicyclic amines) is 1. The van der Waals surface area contributed by atoms with Crippen molar-refractivity contribution in [2.75, 3.05) is 13.1 Å². The van der Waals surface area contributed by atoms with E-state index in [4.69, 9.17) is 0 Å². The van der Waals surface area contributed by atoms with Gasteiger partial charge in [-0.15, -0.1) is 0 Å². The third-order valence-corrected chi connectivity index (χ3v) is 5.83. The SMILES string of the molecule is CC(C)c1ccccc1CC1CCN(C(=O)C2CC(C)(O)C2)CC1. The fourth-order valence-electron chi connectivity index (χ4n) is 4.39. The molecule has 1 aliphatic carbocycles. The Balaban J connectivity index is 1.52. The molecule has 1 N–H and O–H groups in total. The molecule has 1 saturated carbocycles. The first kappa shape index (κ1) is 17.5. The summed E-state index contributed by atoms with van der Waals surface area (Å²) in [5, 5.41) is 9.84. The number of nitrogens with zero attached hydrogens (tertiary/aromatic N) is 1. The second kappa shape index (κ2) is 6.87. The summed E-state index contributed by atoms with van der Waals surface area (Å²) in [7, 11) is 0. The normalized spacial score (nSPS) is 28.0. The number of rotatable bonds is 4. The summed E-state index contributed by atoms with van der Waals surface area (Å²) in [6.45, 7) is 8.11. The van der Waals surface area contributed by atoms with Crippen LogP contribution in [0.5, 0.6) is 0 Å². The fraction of sp³-hybridized carbons (Fsp3) is 0.667. The molecule has 0 radical (unpaired) electrons. The molecule has 1 aromatic rings. The van der Waals surface area contributed by atoms with Gasteiger partial charge < -0.3 is 10.0 Å². The van der Waals surface area contributed by atoms with E-state index < -0.39 is 5.60 Å². The van der Waals surface area contributed by atoms with E-state index in [0.29, 0.717) is 24.7 Å². The zero-order valence-electron chi connectivity index (χ0n) is 15.3. The van der Waals surface area contributed by atoms with E-state index in [1.165, 1.54) is 11.1 Å². The minimum absolute atomic E-state index is 0.0539. The minimum atomic E-state index is -0.612. The van der Waals surface area contributed by atoms with Crippen molar-refractivity contribution < 1.29 is 9.90 Å². The van der Waals surface area contributed by atoms with Crippen molar-refractivity contribution in [3.63, 3.8) is 0 Å². The number of amides is 1. The van der Waals surface area contributed by atoms with Crippen LogP contribution in [-0.4, -0.2) is 34.6 Å².